The van der Waals surface area contributed by atoms with Crippen LogP contribution in [0.25, 0.3) is 10.2 Å². The molecule has 4 rings (SSSR count). The van der Waals surface area contributed by atoms with E-state index in [9.17, 15) is 14.4 Å². The maximum atomic E-state index is 13.6. The van der Waals surface area contributed by atoms with Gasteiger partial charge < -0.3 is 10.1 Å². The summed E-state index contributed by atoms with van der Waals surface area (Å²) in [6, 6.07) is 17.1. The minimum absolute atomic E-state index is 0.0980. The Balaban J connectivity index is 1.61. The summed E-state index contributed by atoms with van der Waals surface area (Å²) in [5, 5.41) is 4.37. The third-order valence-corrected chi connectivity index (χ3v) is 8.07. The number of carbonyl (C=O) groups excluding carboxylic acids is 2. The highest BCUT2D eigenvalue weighted by Crippen LogP contribution is 2.30. The lowest BCUT2D eigenvalue weighted by atomic mass is 10.1. The fourth-order valence-electron chi connectivity index (χ4n) is 3.77. The first-order valence-electron chi connectivity index (χ1n) is 11.8. The second-order valence-electron chi connectivity index (χ2n) is 8.24. The summed E-state index contributed by atoms with van der Waals surface area (Å²) in [5.41, 5.74) is 2.34. The number of hydrogen-bond acceptors (Lipinski definition) is 7. The Bertz CT molecular complexity index is 1470. The number of rotatable bonds is 10. The van der Waals surface area contributed by atoms with Crippen molar-refractivity contribution in [3.05, 3.63) is 91.5 Å². The Morgan fingerprint density at radius 3 is 2.54 bits per heavy atom. The van der Waals surface area contributed by atoms with Gasteiger partial charge >= 0.3 is 5.97 Å². The van der Waals surface area contributed by atoms with E-state index in [1.165, 1.54) is 11.8 Å². The molecule has 0 fully saturated rings. The summed E-state index contributed by atoms with van der Waals surface area (Å²) in [5.74, 6) is -0.535. The normalized spacial score (nSPS) is 11.0. The number of halogens is 1. The molecule has 2 aromatic heterocycles. The summed E-state index contributed by atoms with van der Waals surface area (Å²) < 4.78 is 6.75. The molecule has 192 valence electrons. The number of thioether (sulfide) groups is 1. The molecule has 37 heavy (non-hydrogen) atoms. The molecule has 7 nitrogen and oxygen atoms in total. The summed E-state index contributed by atoms with van der Waals surface area (Å²) in [6.45, 7) is 4.50. The highest BCUT2D eigenvalue weighted by Gasteiger charge is 2.23. The first-order valence-corrected chi connectivity index (χ1v) is 13.9. The van der Waals surface area contributed by atoms with Crippen LogP contribution in [-0.4, -0.2) is 33.8 Å². The molecule has 2 aromatic carbocycles. The summed E-state index contributed by atoms with van der Waals surface area (Å²) >= 11 is 8.34. The Morgan fingerprint density at radius 2 is 1.84 bits per heavy atom. The molecular formula is C27H26ClN3O4S2. The number of amides is 1. The first-order chi connectivity index (χ1) is 17.9. The van der Waals surface area contributed by atoms with E-state index in [2.05, 4.69) is 5.32 Å². The van der Waals surface area contributed by atoms with Gasteiger partial charge in [-0.3, -0.25) is 14.2 Å². The van der Waals surface area contributed by atoms with Gasteiger partial charge in [0.15, 0.2) is 5.16 Å². The van der Waals surface area contributed by atoms with Crippen LogP contribution in [0.2, 0.25) is 5.02 Å². The van der Waals surface area contributed by atoms with Crippen molar-refractivity contribution in [1.82, 2.24) is 14.9 Å². The highest BCUT2D eigenvalue weighted by atomic mass is 35.5. The van der Waals surface area contributed by atoms with Crippen LogP contribution in [-0.2, 0) is 29.0 Å². The van der Waals surface area contributed by atoms with Crippen molar-refractivity contribution in [3.63, 3.8) is 0 Å². The van der Waals surface area contributed by atoms with Crippen molar-refractivity contribution in [2.45, 2.75) is 38.5 Å². The topological polar surface area (TPSA) is 90.3 Å². The molecule has 1 amide bonds. The summed E-state index contributed by atoms with van der Waals surface area (Å²) in [7, 11) is 0. The smallest absolute Gasteiger partial charge is 0.348 e. The molecule has 0 atom stereocenters. The average molecular weight is 556 g/mol. The lowest BCUT2D eigenvalue weighted by Crippen LogP contribution is -2.27. The maximum Gasteiger partial charge on any atom is 0.348 e. The Kier molecular flexibility index (Phi) is 9.02. The average Bonchev–Trinajstić information content (AvgIpc) is 3.24. The van der Waals surface area contributed by atoms with E-state index < -0.39 is 5.97 Å². The van der Waals surface area contributed by atoms with Crippen molar-refractivity contribution in [1.29, 1.82) is 0 Å². The molecule has 2 heterocycles. The molecule has 0 radical (unpaired) electrons. The van der Waals surface area contributed by atoms with Gasteiger partial charge in [-0.05, 0) is 49.1 Å². The number of nitrogens with zero attached hydrogens (tertiary/aromatic N) is 2. The number of benzene rings is 2. The minimum atomic E-state index is -0.468. The van der Waals surface area contributed by atoms with Gasteiger partial charge in [0.05, 0.1) is 17.7 Å². The van der Waals surface area contributed by atoms with Crippen molar-refractivity contribution in [3.8, 4) is 0 Å². The molecule has 0 bridgehead atoms. The standard InChI is InChI=1S/C27H26ClN3O4S2/c1-3-35-26(34)23-17(2)22-24(37-23)30-27(36-16-21(32)29-15-19-7-5-4-6-8-19)31(25(22)33)14-13-18-9-11-20(28)12-10-18/h4-12H,3,13-16H2,1-2H3,(H,29,32). The van der Waals surface area contributed by atoms with E-state index >= 15 is 0 Å². The van der Waals surface area contributed by atoms with E-state index in [1.807, 2.05) is 54.6 Å². The van der Waals surface area contributed by atoms with Crippen molar-refractivity contribution < 1.29 is 14.3 Å². The van der Waals surface area contributed by atoms with Gasteiger partial charge in [-0.15, -0.1) is 11.3 Å². The molecule has 4 aromatic rings. The molecule has 0 aliphatic heterocycles. The zero-order chi connectivity index (χ0) is 26.4. The van der Waals surface area contributed by atoms with E-state index in [0.717, 1.165) is 22.5 Å². The van der Waals surface area contributed by atoms with Gasteiger partial charge in [-0.1, -0.05) is 65.8 Å². The molecule has 0 spiro atoms. The van der Waals surface area contributed by atoms with Gasteiger partial charge in [0, 0.05) is 18.1 Å². The molecule has 10 heteroatoms. The van der Waals surface area contributed by atoms with E-state index in [0.29, 0.717) is 50.3 Å². The Labute approximate surface area is 227 Å². The first kappa shape index (κ1) is 26.9. The lowest BCUT2D eigenvalue weighted by Gasteiger charge is -2.12. The number of hydrogen-bond donors (Lipinski definition) is 1. The lowest BCUT2D eigenvalue weighted by molar-refractivity contribution is -0.118. The SMILES string of the molecule is CCOC(=O)c1sc2nc(SCC(=O)NCc3ccccc3)n(CCc3ccc(Cl)cc3)c(=O)c2c1C. The number of fused-ring (bicyclic) bond motifs is 1. The van der Waals surface area contributed by atoms with Crippen molar-refractivity contribution >= 4 is 56.8 Å². The van der Waals surface area contributed by atoms with E-state index in [-0.39, 0.29) is 23.8 Å². The van der Waals surface area contributed by atoms with Crippen LogP contribution in [0, 0.1) is 6.92 Å². The molecule has 0 unspecified atom stereocenters. The minimum Gasteiger partial charge on any atom is -0.462 e. The maximum absolute atomic E-state index is 13.6. The second-order valence-corrected chi connectivity index (χ2v) is 10.6. The fraction of sp³-hybridized carbons (Fsp3) is 0.259. The highest BCUT2D eigenvalue weighted by molar-refractivity contribution is 7.99. The number of carbonyl (C=O) groups is 2. The summed E-state index contributed by atoms with van der Waals surface area (Å²) in [6.07, 6.45) is 0.575. The molecule has 0 aliphatic carbocycles. The monoisotopic (exact) mass is 555 g/mol. The van der Waals surface area contributed by atoms with E-state index in [4.69, 9.17) is 21.3 Å². The Hall–Kier alpha value is -3.14. The zero-order valence-corrected chi connectivity index (χ0v) is 22.8. The second kappa shape index (κ2) is 12.4. The third-order valence-electron chi connectivity index (χ3n) is 5.68. The summed E-state index contributed by atoms with van der Waals surface area (Å²) in [4.78, 5) is 44.2. The molecule has 0 saturated heterocycles. The van der Waals surface area contributed by atoms with Gasteiger partial charge in [0.2, 0.25) is 5.91 Å². The van der Waals surface area contributed by atoms with Gasteiger partial charge in [-0.25, -0.2) is 9.78 Å². The van der Waals surface area contributed by atoms with Crippen molar-refractivity contribution in [2.75, 3.05) is 12.4 Å². The van der Waals surface area contributed by atoms with Gasteiger partial charge in [-0.2, -0.15) is 0 Å². The molecular weight excluding hydrogens is 530 g/mol. The number of nitrogens with one attached hydrogen (secondary N) is 1. The van der Waals surface area contributed by atoms with Crippen LogP contribution in [0.1, 0.15) is 33.3 Å². The van der Waals surface area contributed by atoms with Gasteiger partial charge in [0.1, 0.15) is 9.71 Å². The Morgan fingerprint density at radius 1 is 1.11 bits per heavy atom. The van der Waals surface area contributed by atoms with Crippen molar-refractivity contribution in [2.24, 2.45) is 0 Å². The molecule has 0 aliphatic rings. The fourth-order valence-corrected chi connectivity index (χ4v) is 5.86. The van der Waals surface area contributed by atoms with Gasteiger partial charge in [0.25, 0.3) is 5.56 Å². The van der Waals surface area contributed by atoms with Crippen LogP contribution in [0.4, 0.5) is 0 Å². The number of esters is 1. The van der Waals surface area contributed by atoms with Crippen LogP contribution >= 0.6 is 34.7 Å². The number of ether oxygens (including phenoxy) is 1. The van der Waals surface area contributed by atoms with Crippen LogP contribution in [0.5, 0.6) is 0 Å². The molecule has 1 N–H and O–H groups in total. The predicted molar refractivity (Wildman–Crippen MR) is 149 cm³/mol. The molecule has 0 saturated carbocycles. The third kappa shape index (κ3) is 6.60. The van der Waals surface area contributed by atoms with Crippen LogP contribution in [0.3, 0.4) is 0 Å². The largest absolute Gasteiger partial charge is 0.462 e. The van der Waals surface area contributed by atoms with Crippen LogP contribution < -0.4 is 10.9 Å². The number of thiophene rings is 1. The van der Waals surface area contributed by atoms with E-state index in [1.54, 1.807) is 18.4 Å². The van der Waals surface area contributed by atoms with Crippen LogP contribution in [0.15, 0.2) is 64.5 Å². The quantitative estimate of drug-likeness (QED) is 0.163. The zero-order valence-electron chi connectivity index (χ0n) is 20.5. The predicted octanol–water partition coefficient (Wildman–Crippen LogP) is 5.25. The number of aryl methyl sites for hydroxylation is 2. The number of aromatic nitrogens is 2.